The molecular formula is C31H31N5O6. The Hall–Kier alpha value is -5.11. The van der Waals surface area contributed by atoms with Gasteiger partial charge in [-0.3, -0.25) is 5.32 Å². The lowest BCUT2D eigenvalue weighted by molar-refractivity contribution is 0.0165. The SMILES string of the molecule is CC(C)(C)OC(=O)N1CCC[C@@H]1COC(=O)Nc1cc(Cn2c(C(=O)O)cc3ccc(C#N)nc32)c2ccccc2c1. The average molecular weight is 570 g/mol. The fourth-order valence-corrected chi connectivity index (χ4v) is 5.19. The Balaban J connectivity index is 1.38. The van der Waals surface area contributed by atoms with Gasteiger partial charge in [0.1, 0.15) is 35.3 Å². The van der Waals surface area contributed by atoms with Crippen LogP contribution in [0.15, 0.2) is 54.6 Å². The number of carbonyl (C=O) groups is 3. The predicted molar refractivity (Wildman–Crippen MR) is 155 cm³/mol. The van der Waals surface area contributed by atoms with Crippen molar-refractivity contribution < 1.29 is 29.0 Å². The first kappa shape index (κ1) is 28.4. The van der Waals surface area contributed by atoms with Crippen molar-refractivity contribution in [3.63, 3.8) is 0 Å². The summed E-state index contributed by atoms with van der Waals surface area (Å²) in [6.07, 6.45) is 0.387. The van der Waals surface area contributed by atoms with E-state index in [1.54, 1.807) is 54.5 Å². The third-order valence-corrected chi connectivity index (χ3v) is 7.01. The number of aromatic carboxylic acids is 1. The summed E-state index contributed by atoms with van der Waals surface area (Å²) in [5.74, 6) is -1.12. The van der Waals surface area contributed by atoms with Gasteiger partial charge in [-0.2, -0.15) is 5.26 Å². The summed E-state index contributed by atoms with van der Waals surface area (Å²) in [6.45, 7) is 6.10. The van der Waals surface area contributed by atoms with E-state index in [0.717, 1.165) is 22.8 Å². The van der Waals surface area contributed by atoms with Crippen molar-refractivity contribution in [3.8, 4) is 6.07 Å². The highest BCUT2D eigenvalue weighted by Gasteiger charge is 2.33. The average Bonchev–Trinajstić information content (AvgIpc) is 3.56. The van der Waals surface area contributed by atoms with Crippen LogP contribution in [0.5, 0.6) is 0 Å². The summed E-state index contributed by atoms with van der Waals surface area (Å²) in [7, 11) is 0. The van der Waals surface area contributed by atoms with Crippen LogP contribution < -0.4 is 5.32 Å². The van der Waals surface area contributed by atoms with Crippen molar-refractivity contribution in [2.75, 3.05) is 18.5 Å². The molecule has 1 atom stereocenters. The highest BCUT2D eigenvalue weighted by atomic mass is 16.6. The largest absolute Gasteiger partial charge is 0.477 e. The molecular weight excluding hydrogens is 538 g/mol. The number of carboxylic acids is 1. The number of amides is 2. The van der Waals surface area contributed by atoms with Crippen molar-refractivity contribution in [1.29, 1.82) is 5.26 Å². The molecule has 11 heteroatoms. The second-order valence-electron chi connectivity index (χ2n) is 11.2. The minimum absolute atomic E-state index is 0.0235. The number of nitriles is 1. The Morgan fingerprint density at radius 1 is 1.12 bits per heavy atom. The normalized spacial score (nSPS) is 15.0. The Morgan fingerprint density at radius 2 is 1.90 bits per heavy atom. The minimum atomic E-state index is -1.12. The second-order valence-corrected chi connectivity index (χ2v) is 11.2. The number of nitrogens with one attached hydrogen (secondary N) is 1. The Bertz CT molecular complexity index is 1730. The zero-order valence-corrected chi connectivity index (χ0v) is 23.6. The van der Waals surface area contributed by atoms with Crippen molar-refractivity contribution in [2.24, 2.45) is 0 Å². The fraction of sp³-hybridized carbons (Fsp3) is 0.323. The van der Waals surface area contributed by atoms with Gasteiger partial charge >= 0.3 is 18.2 Å². The molecule has 0 bridgehead atoms. The molecule has 2 N–H and O–H groups in total. The van der Waals surface area contributed by atoms with E-state index >= 15 is 0 Å². The number of fused-ring (bicyclic) bond motifs is 2. The molecule has 2 amide bonds. The second kappa shape index (κ2) is 11.4. The van der Waals surface area contributed by atoms with Gasteiger partial charge in [-0.25, -0.2) is 19.4 Å². The highest BCUT2D eigenvalue weighted by Crippen LogP contribution is 2.28. The van der Waals surface area contributed by atoms with Crippen LogP contribution in [-0.4, -0.2) is 62.5 Å². The van der Waals surface area contributed by atoms with Gasteiger partial charge in [0.15, 0.2) is 0 Å². The van der Waals surface area contributed by atoms with Crippen LogP contribution in [-0.2, 0) is 16.0 Å². The number of hydrogen-bond donors (Lipinski definition) is 2. The molecule has 4 aromatic rings. The van der Waals surface area contributed by atoms with E-state index in [4.69, 9.17) is 9.47 Å². The standard InChI is InChI=1S/C31H31N5O6/c1-31(2,3)42-30(40)35-12-6-8-24(35)18-41-29(39)34-23-13-19-7-4-5-9-25(19)21(14-23)17-36-26(28(37)38)15-20-10-11-22(16-32)33-27(20)36/h4-5,7,9-11,13-15,24H,6,8,12,17-18H2,1-3H3,(H,34,39)(H,37,38)/t24-/m1/s1. The lowest BCUT2D eigenvalue weighted by Crippen LogP contribution is -2.42. The summed E-state index contributed by atoms with van der Waals surface area (Å²) in [4.78, 5) is 43.5. The molecule has 3 heterocycles. The summed E-state index contributed by atoms with van der Waals surface area (Å²) in [5.41, 5.74) is 1.15. The number of aromatic nitrogens is 2. The van der Waals surface area contributed by atoms with E-state index in [0.29, 0.717) is 29.7 Å². The molecule has 5 rings (SSSR count). The first-order valence-corrected chi connectivity index (χ1v) is 13.6. The van der Waals surface area contributed by atoms with Crippen LogP contribution in [0.1, 0.15) is 55.4 Å². The Morgan fingerprint density at radius 3 is 2.64 bits per heavy atom. The maximum absolute atomic E-state index is 12.8. The van der Waals surface area contributed by atoms with E-state index in [2.05, 4.69) is 10.3 Å². The topological polar surface area (TPSA) is 147 Å². The molecule has 0 unspecified atom stereocenters. The minimum Gasteiger partial charge on any atom is -0.477 e. The van der Waals surface area contributed by atoms with E-state index < -0.39 is 23.8 Å². The van der Waals surface area contributed by atoms with E-state index in [1.807, 2.05) is 30.3 Å². The smallest absolute Gasteiger partial charge is 0.411 e. The van der Waals surface area contributed by atoms with Crippen LogP contribution >= 0.6 is 0 Å². The lowest BCUT2D eigenvalue weighted by Gasteiger charge is -2.28. The molecule has 2 aromatic carbocycles. The summed E-state index contributed by atoms with van der Waals surface area (Å²) >= 11 is 0. The Labute approximate surface area is 242 Å². The first-order chi connectivity index (χ1) is 20.0. The number of benzene rings is 2. The molecule has 216 valence electrons. The number of likely N-dealkylation sites (tertiary alicyclic amines) is 1. The van der Waals surface area contributed by atoms with Crippen molar-refractivity contribution in [2.45, 2.75) is 51.8 Å². The third-order valence-electron chi connectivity index (χ3n) is 7.01. The molecule has 2 aromatic heterocycles. The zero-order valence-electron chi connectivity index (χ0n) is 23.6. The van der Waals surface area contributed by atoms with E-state index in [-0.39, 0.29) is 30.6 Å². The van der Waals surface area contributed by atoms with Gasteiger partial charge < -0.3 is 24.0 Å². The monoisotopic (exact) mass is 569 g/mol. The van der Waals surface area contributed by atoms with Crippen LogP contribution in [0.4, 0.5) is 15.3 Å². The van der Waals surface area contributed by atoms with Crippen molar-refractivity contribution in [1.82, 2.24) is 14.5 Å². The lowest BCUT2D eigenvalue weighted by atomic mass is 10.0. The number of rotatable bonds is 6. The Kier molecular flexibility index (Phi) is 7.72. The molecule has 11 nitrogen and oxygen atoms in total. The first-order valence-electron chi connectivity index (χ1n) is 13.6. The zero-order chi connectivity index (χ0) is 30.0. The molecule has 42 heavy (non-hydrogen) atoms. The number of anilines is 1. The number of carboxylic acid groups (broad SMARTS) is 1. The van der Waals surface area contributed by atoms with E-state index in [1.165, 1.54) is 6.07 Å². The number of nitrogens with zero attached hydrogens (tertiary/aromatic N) is 4. The molecule has 0 aliphatic carbocycles. The third kappa shape index (κ3) is 6.12. The molecule has 0 radical (unpaired) electrons. The van der Waals surface area contributed by atoms with Gasteiger partial charge in [-0.15, -0.1) is 0 Å². The van der Waals surface area contributed by atoms with Gasteiger partial charge in [0, 0.05) is 17.6 Å². The highest BCUT2D eigenvalue weighted by molar-refractivity contribution is 5.95. The van der Waals surface area contributed by atoms with Crippen LogP contribution in [0.2, 0.25) is 0 Å². The fourth-order valence-electron chi connectivity index (χ4n) is 5.19. The van der Waals surface area contributed by atoms with Gasteiger partial charge in [0.05, 0.1) is 12.6 Å². The number of ether oxygens (including phenoxy) is 2. The molecule has 0 saturated carbocycles. The van der Waals surface area contributed by atoms with Crippen LogP contribution in [0.3, 0.4) is 0 Å². The predicted octanol–water partition coefficient (Wildman–Crippen LogP) is 5.76. The molecule has 0 spiro atoms. The molecule has 1 aliphatic rings. The summed E-state index contributed by atoms with van der Waals surface area (Å²) in [6, 6.07) is 17.6. The van der Waals surface area contributed by atoms with Gasteiger partial charge in [0.25, 0.3) is 0 Å². The van der Waals surface area contributed by atoms with E-state index in [9.17, 15) is 24.8 Å². The van der Waals surface area contributed by atoms with Crippen molar-refractivity contribution >= 4 is 45.6 Å². The van der Waals surface area contributed by atoms with Gasteiger partial charge in [-0.05, 0) is 80.3 Å². The maximum Gasteiger partial charge on any atom is 0.411 e. The number of carbonyl (C=O) groups excluding carboxylic acids is 2. The van der Waals surface area contributed by atoms with Crippen LogP contribution in [0.25, 0.3) is 21.8 Å². The summed E-state index contributed by atoms with van der Waals surface area (Å²) < 4.78 is 12.5. The maximum atomic E-state index is 12.8. The quantitative estimate of drug-likeness (QED) is 0.298. The van der Waals surface area contributed by atoms with Crippen molar-refractivity contribution in [3.05, 3.63) is 71.5 Å². The molecule has 1 aliphatic heterocycles. The summed E-state index contributed by atoms with van der Waals surface area (Å²) in [5, 5.41) is 24.3. The molecule has 1 saturated heterocycles. The van der Waals surface area contributed by atoms with Gasteiger partial charge in [-0.1, -0.05) is 24.3 Å². The van der Waals surface area contributed by atoms with Crippen LogP contribution in [0, 0.1) is 11.3 Å². The molecule has 1 fully saturated rings. The number of hydrogen-bond acceptors (Lipinski definition) is 7. The number of pyridine rings is 1. The van der Waals surface area contributed by atoms with Gasteiger partial charge in [0.2, 0.25) is 0 Å².